The van der Waals surface area contributed by atoms with Crippen LogP contribution in [-0.4, -0.2) is 39.5 Å². The van der Waals surface area contributed by atoms with Crippen molar-refractivity contribution >= 4 is 27.8 Å². The SMILES string of the molecule is CN(C(=O)c1cccnc1Br)C(C)(C)C(=O)O. The molecule has 0 aliphatic carbocycles. The highest BCUT2D eigenvalue weighted by atomic mass is 79.9. The smallest absolute Gasteiger partial charge is 0.329 e. The Kier molecular flexibility index (Phi) is 3.87. The highest BCUT2D eigenvalue weighted by Crippen LogP contribution is 2.20. The molecule has 1 amide bonds. The molecule has 0 aliphatic rings. The highest BCUT2D eigenvalue weighted by Gasteiger charge is 2.36. The molecule has 0 radical (unpaired) electrons. The Bertz CT molecular complexity index is 460. The van der Waals surface area contributed by atoms with Crippen LogP contribution in [0.2, 0.25) is 0 Å². The lowest BCUT2D eigenvalue weighted by Gasteiger charge is -2.31. The van der Waals surface area contributed by atoms with Crippen molar-refractivity contribution in [3.8, 4) is 0 Å². The van der Waals surface area contributed by atoms with Crippen molar-refractivity contribution in [2.75, 3.05) is 7.05 Å². The van der Waals surface area contributed by atoms with Crippen LogP contribution < -0.4 is 0 Å². The van der Waals surface area contributed by atoms with Gasteiger partial charge in [0.25, 0.3) is 5.91 Å². The molecule has 0 unspecified atom stereocenters. The maximum atomic E-state index is 12.1. The fraction of sp³-hybridized carbons (Fsp3) is 0.364. The van der Waals surface area contributed by atoms with Crippen LogP contribution in [0.4, 0.5) is 0 Å². The van der Waals surface area contributed by atoms with Crippen molar-refractivity contribution in [3.05, 3.63) is 28.5 Å². The third-order valence-electron chi connectivity index (χ3n) is 2.66. The van der Waals surface area contributed by atoms with E-state index in [-0.39, 0.29) is 0 Å². The quantitative estimate of drug-likeness (QED) is 0.864. The lowest BCUT2D eigenvalue weighted by Crippen LogP contribution is -2.50. The second-order valence-corrected chi connectivity index (χ2v) is 4.82. The number of carbonyl (C=O) groups is 2. The number of carbonyl (C=O) groups excluding carboxylic acids is 1. The Balaban J connectivity index is 3.07. The normalized spacial score (nSPS) is 11.1. The maximum absolute atomic E-state index is 12.1. The van der Waals surface area contributed by atoms with Crippen LogP contribution in [0, 0.1) is 0 Å². The molecule has 1 heterocycles. The second-order valence-electron chi connectivity index (χ2n) is 4.07. The molecule has 0 spiro atoms. The monoisotopic (exact) mass is 300 g/mol. The number of halogens is 1. The van der Waals surface area contributed by atoms with Crippen molar-refractivity contribution in [2.24, 2.45) is 0 Å². The molecular formula is C11H13BrN2O3. The van der Waals surface area contributed by atoms with Crippen molar-refractivity contribution in [3.63, 3.8) is 0 Å². The summed E-state index contributed by atoms with van der Waals surface area (Å²) in [4.78, 5) is 28.3. The number of carboxylic acids is 1. The van der Waals surface area contributed by atoms with Gasteiger partial charge in [-0.25, -0.2) is 9.78 Å². The van der Waals surface area contributed by atoms with E-state index in [0.29, 0.717) is 10.2 Å². The van der Waals surface area contributed by atoms with Crippen molar-refractivity contribution in [1.29, 1.82) is 0 Å². The molecule has 1 N–H and O–H groups in total. The van der Waals surface area contributed by atoms with Gasteiger partial charge in [-0.2, -0.15) is 0 Å². The first-order valence-electron chi connectivity index (χ1n) is 4.90. The zero-order chi connectivity index (χ0) is 13.2. The Morgan fingerprint density at radius 3 is 2.53 bits per heavy atom. The molecule has 0 saturated heterocycles. The molecule has 5 nitrogen and oxygen atoms in total. The van der Waals surface area contributed by atoms with Crippen LogP contribution >= 0.6 is 15.9 Å². The number of pyridine rings is 1. The average Bonchev–Trinajstić information content (AvgIpc) is 2.27. The molecule has 0 aromatic carbocycles. The number of hydrogen-bond acceptors (Lipinski definition) is 3. The van der Waals surface area contributed by atoms with Gasteiger partial charge in [-0.3, -0.25) is 4.79 Å². The zero-order valence-corrected chi connectivity index (χ0v) is 11.4. The van der Waals surface area contributed by atoms with Crippen LogP contribution in [-0.2, 0) is 4.79 Å². The van der Waals surface area contributed by atoms with E-state index in [1.165, 1.54) is 25.8 Å². The third kappa shape index (κ3) is 2.63. The minimum Gasteiger partial charge on any atom is -0.480 e. The Morgan fingerprint density at radius 2 is 2.06 bits per heavy atom. The van der Waals surface area contributed by atoms with Crippen LogP contribution in [0.3, 0.4) is 0 Å². The van der Waals surface area contributed by atoms with Gasteiger partial charge >= 0.3 is 5.97 Å². The van der Waals surface area contributed by atoms with Gasteiger partial charge in [0, 0.05) is 13.2 Å². The van der Waals surface area contributed by atoms with Crippen LogP contribution in [0.1, 0.15) is 24.2 Å². The largest absolute Gasteiger partial charge is 0.480 e. The molecule has 6 heteroatoms. The topological polar surface area (TPSA) is 70.5 Å². The number of rotatable bonds is 3. The number of aromatic nitrogens is 1. The predicted octanol–water partition coefficient (Wildman–Crippen LogP) is 1.78. The Labute approximate surface area is 108 Å². The van der Waals surface area contributed by atoms with Gasteiger partial charge in [0.1, 0.15) is 10.1 Å². The molecule has 1 aromatic heterocycles. The summed E-state index contributed by atoms with van der Waals surface area (Å²) in [5, 5.41) is 9.06. The van der Waals surface area contributed by atoms with E-state index in [9.17, 15) is 9.59 Å². The van der Waals surface area contributed by atoms with Crippen LogP contribution in [0.5, 0.6) is 0 Å². The molecule has 0 saturated carbocycles. The lowest BCUT2D eigenvalue weighted by molar-refractivity contribution is -0.147. The van der Waals surface area contributed by atoms with Gasteiger partial charge in [0.2, 0.25) is 0 Å². The summed E-state index contributed by atoms with van der Waals surface area (Å²) in [7, 11) is 1.45. The standard InChI is InChI=1S/C11H13BrN2O3/c1-11(2,10(16)17)14(3)9(15)7-5-4-6-13-8(7)12/h4-6H,1-3H3,(H,16,17). The first-order chi connectivity index (χ1) is 7.78. The summed E-state index contributed by atoms with van der Waals surface area (Å²) in [5.74, 6) is -1.45. The Morgan fingerprint density at radius 1 is 1.47 bits per heavy atom. The maximum Gasteiger partial charge on any atom is 0.329 e. The summed E-state index contributed by atoms with van der Waals surface area (Å²) in [5.41, 5.74) is -0.934. The second kappa shape index (κ2) is 4.83. The van der Waals surface area contributed by atoms with Crippen molar-refractivity contribution in [2.45, 2.75) is 19.4 Å². The zero-order valence-electron chi connectivity index (χ0n) is 9.77. The number of hydrogen-bond donors (Lipinski definition) is 1. The number of aliphatic carboxylic acids is 1. The summed E-state index contributed by atoms with van der Waals surface area (Å²) < 4.78 is 0.401. The van der Waals surface area contributed by atoms with Gasteiger partial charge in [-0.05, 0) is 41.9 Å². The van der Waals surface area contributed by atoms with E-state index in [0.717, 1.165) is 0 Å². The minimum atomic E-state index is -1.27. The van der Waals surface area contributed by atoms with Crippen LogP contribution in [0.15, 0.2) is 22.9 Å². The first-order valence-corrected chi connectivity index (χ1v) is 5.70. The fourth-order valence-electron chi connectivity index (χ4n) is 1.12. The van der Waals surface area contributed by atoms with E-state index in [4.69, 9.17) is 5.11 Å². The van der Waals surface area contributed by atoms with Crippen molar-refractivity contribution in [1.82, 2.24) is 9.88 Å². The van der Waals surface area contributed by atoms with E-state index < -0.39 is 17.4 Å². The Hall–Kier alpha value is -1.43. The van der Waals surface area contributed by atoms with Gasteiger partial charge in [0.15, 0.2) is 0 Å². The molecule has 0 aliphatic heterocycles. The number of nitrogens with zero attached hydrogens (tertiary/aromatic N) is 2. The third-order valence-corrected chi connectivity index (χ3v) is 3.29. The molecular weight excluding hydrogens is 288 g/mol. The average molecular weight is 301 g/mol. The van der Waals surface area contributed by atoms with E-state index in [2.05, 4.69) is 20.9 Å². The number of carboxylic acid groups (broad SMARTS) is 1. The molecule has 17 heavy (non-hydrogen) atoms. The summed E-state index contributed by atoms with van der Waals surface area (Å²) in [6, 6.07) is 3.22. The molecule has 0 bridgehead atoms. The minimum absolute atomic E-state index is 0.337. The number of likely N-dealkylation sites (N-methyl/N-ethyl adjacent to an activating group) is 1. The van der Waals surface area contributed by atoms with Crippen molar-refractivity contribution < 1.29 is 14.7 Å². The molecule has 1 aromatic rings. The molecule has 0 fully saturated rings. The molecule has 0 atom stereocenters. The van der Waals surface area contributed by atoms with Gasteiger partial charge in [0.05, 0.1) is 5.56 Å². The first kappa shape index (κ1) is 13.6. The molecule has 1 rings (SSSR count). The summed E-state index contributed by atoms with van der Waals surface area (Å²) in [6.45, 7) is 2.94. The van der Waals surface area contributed by atoms with Gasteiger partial charge in [-0.15, -0.1) is 0 Å². The predicted molar refractivity (Wildman–Crippen MR) is 65.7 cm³/mol. The van der Waals surface area contributed by atoms with Crippen LogP contribution in [0.25, 0.3) is 0 Å². The molecule has 92 valence electrons. The van der Waals surface area contributed by atoms with Gasteiger partial charge in [-0.1, -0.05) is 0 Å². The number of amides is 1. The van der Waals surface area contributed by atoms with Gasteiger partial charge < -0.3 is 10.0 Å². The highest BCUT2D eigenvalue weighted by molar-refractivity contribution is 9.10. The summed E-state index contributed by atoms with van der Waals surface area (Å²) in [6.07, 6.45) is 1.54. The van der Waals surface area contributed by atoms with E-state index in [1.54, 1.807) is 18.3 Å². The fourth-order valence-corrected chi connectivity index (χ4v) is 1.54. The lowest BCUT2D eigenvalue weighted by atomic mass is 10.0. The van der Waals surface area contributed by atoms with E-state index in [1.807, 2.05) is 0 Å². The summed E-state index contributed by atoms with van der Waals surface area (Å²) >= 11 is 3.16. The van der Waals surface area contributed by atoms with E-state index >= 15 is 0 Å².